The van der Waals surface area contributed by atoms with E-state index in [-0.39, 0.29) is 11.9 Å². The first-order valence-corrected chi connectivity index (χ1v) is 8.62. The monoisotopic (exact) mass is 327 g/mol. The zero-order chi connectivity index (χ0) is 16.5. The van der Waals surface area contributed by atoms with E-state index in [0.29, 0.717) is 12.4 Å². The standard InChI is InChI=1S/C20H22FNO2/c21-18-6-4-14(5-7-18)20-13-22(8-9-24-20)12-17-10-15-2-1-3-16(15)11-19(17)23/h4-7,10-11,20,23H,1-3,8-9,12-13H2/t20-/m1/s1. The van der Waals surface area contributed by atoms with Crippen molar-refractivity contribution >= 4 is 0 Å². The van der Waals surface area contributed by atoms with Crippen molar-refractivity contribution in [2.75, 3.05) is 19.7 Å². The second kappa shape index (κ2) is 6.54. The van der Waals surface area contributed by atoms with Crippen LogP contribution in [-0.2, 0) is 24.1 Å². The van der Waals surface area contributed by atoms with Gasteiger partial charge in [0, 0.05) is 25.2 Å². The van der Waals surface area contributed by atoms with Gasteiger partial charge in [0.05, 0.1) is 12.7 Å². The first kappa shape index (κ1) is 15.6. The average molecular weight is 327 g/mol. The number of phenols is 1. The van der Waals surface area contributed by atoms with Gasteiger partial charge in [-0.15, -0.1) is 0 Å². The molecule has 0 saturated carbocycles. The van der Waals surface area contributed by atoms with Crippen LogP contribution in [0.4, 0.5) is 4.39 Å². The van der Waals surface area contributed by atoms with Gasteiger partial charge in [-0.1, -0.05) is 18.2 Å². The third-order valence-electron chi connectivity index (χ3n) is 5.08. The van der Waals surface area contributed by atoms with Crippen LogP contribution in [-0.4, -0.2) is 29.7 Å². The third kappa shape index (κ3) is 3.17. The smallest absolute Gasteiger partial charge is 0.123 e. The summed E-state index contributed by atoms with van der Waals surface area (Å²) in [6.07, 6.45) is 3.33. The number of aryl methyl sites for hydroxylation is 2. The number of ether oxygens (including phenoxy) is 1. The van der Waals surface area contributed by atoms with E-state index in [2.05, 4.69) is 11.0 Å². The van der Waals surface area contributed by atoms with Crippen LogP contribution < -0.4 is 0 Å². The predicted molar refractivity (Wildman–Crippen MR) is 90.5 cm³/mol. The number of halogens is 1. The summed E-state index contributed by atoms with van der Waals surface area (Å²) in [6, 6.07) is 10.6. The number of rotatable bonds is 3. The summed E-state index contributed by atoms with van der Waals surface area (Å²) in [4.78, 5) is 2.30. The maximum atomic E-state index is 13.1. The number of fused-ring (bicyclic) bond motifs is 1. The SMILES string of the molecule is Oc1cc2c(cc1CN1CCO[C@@H](c3ccc(F)cc3)C1)CCC2. The van der Waals surface area contributed by atoms with Crippen LogP contribution in [0, 0.1) is 5.82 Å². The number of morpholine rings is 1. The molecule has 3 nitrogen and oxygen atoms in total. The van der Waals surface area contributed by atoms with Gasteiger partial charge in [0.25, 0.3) is 0 Å². The summed E-state index contributed by atoms with van der Waals surface area (Å²) < 4.78 is 18.9. The number of phenolic OH excluding ortho intramolecular Hbond substituents is 1. The molecule has 0 spiro atoms. The molecule has 0 amide bonds. The van der Waals surface area contributed by atoms with Crippen molar-refractivity contribution in [3.8, 4) is 5.75 Å². The first-order valence-electron chi connectivity index (χ1n) is 8.62. The van der Waals surface area contributed by atoms with Crippen molar-refractivity contribution < 1.29 is 14.2 Å². The highest BCUT2D eigenvalue weighted by molar-refractivity contribution is 5.44. The van der Waals surface area contributed by atoms with E-state index in [1.54, 1.807) is 12.1 Å². The zero-order valence-corrected chi connectivity index (χ0v) is 13.7. The van der Waals surface area contributed by atoms with Gasteiger partial charge < -0.3 is 9.84 Å². The molecule has 0 aromatic heterocycles. The quantitative estimate of drug-likeness (QED) is 0.935. The van der Waals surface area contributed by atoms with Crippen LogP contribution >= 0.6 is 0 Å². The van der Waals surface area contributed by atoms with Crippen LogP contribution in [0.5, 0.6) is 5.75 Å². The molecule has 1 heterocycles. The summed E-state index contributed by atoms with van der Waals surface area (Å²) >= 11 is 0. The van der Waals surface area contributed by atoms with Crippen molar-refractivity contribution in [1.29, 1.82) is 0 Å². The number of aromatic hydroxyl groups is 1. The van der Waals surface area contributed by atoms with E-state index in [9.17, 15) is 9.50 Å². The summed E-state index contributed by atoms with van der Waals surface area (Å²) in [7, 11) is 0. The molecule has 2 aromatic carbocycles. The van der Waals surface area contributed by atoms with Crippen LogP contribution in [0.15, 0.2) is 36.4 Å². The number of hydrogen-bond donors (Lipinski definition) is 1. The highest BCUT2D eigenvalue weighted by Crippen LogP contribution is 2.31. The summed E-state index contributed by atoms with van der Waals surface area (Å²) in [5.41, 5.74) is 4.67. The third-order valence-corrected chi connectivity index (χ3v) is 5.08. The van der Waals surface area contributed by atoms with Crippen molar-refractivity contribution in [2.45, 2.75) is 31.9 Å². The molecule has 1 atom stereocenters. The minimum absolute atomic E-state index is 0.0454. The van der Waals surface area contributed by atoms with E-state index in [1.807, 2.05) is 6.07 Å². The normalized spacial score (nSPS) is 21.0. The molecule has 4 rings (SSSR count). The lowest BCUT2D eigenvalue weighted by atomic mass is 10.0. The summed E-state index contributed by atoms with van der Waals surface area (Å²) in [6.45, 7) is 2.96. The minimum atomic E-state index is -0.227. The number of hydrogen-bond acceptors (Lipinski definition) is 3. The Bertz CT molecular complexity index is 729. The fourth-order valence-corrected chi connectivity index (χ4v) is 3.75. The molecule has 1 aliphatic carbocycles. The Morgan fingerprint density at radius 1 is 1.12 bits per heavy atom. The molecule has 0 unspecified atom stereocenters. The molecule has 2 aliphatic rings. The molecule has 4 heteroatoms. The first-order chi connectivity index (χ1) is 11.7. The molecular weight excluding hydrogens is 305 g/mol. The van der Waals surface area contributed by atoms with Crippen molar-refractivity contribution in [2.24, 2.45) is 0 Å². The topological polar surface area (TPSA) is 32.7 Å². The van der Waals surface area contributed by atoms with Crippen LogP contribution in [0.25, 0.3) is 0 Å². The van der Waals surface area contributed by atoms with Gasteiger partial charge in [-0.2, -0.15) is 0 Å². The van der Waals surface area contributed by atoms with Crippen LogP contribution in [0.1, 0.15) is 34.8 Å². The van der Waals surface area contributed by atoms with E-state index in [1.165, 1.54) is 29.7 Å². The molecule has 1 saturated heterocycles. The molecule has 24 heavy (non-hydrogen) atoms. The molecule has 2 aromatic rings. The molecule has 0 bridgehead atoms. The van der Waals surface area contributed by atoms with E-state index in [4.69, 9.17) is 4.74 Å². The Hall–Kier alpha value is -1.91. The fourth-order valence-electron chi connectivity index (χ4n) is 3.75. The van der Waals surface area contributed by atoms with Gasteiger partial charge in [-0.05, 0) is 54.2 Å². The van der Waals surface area contributed by atoms with Gasteiger partial charge in [-0.3, -0.25) is 4.90 Å². The van der Waals surface area contributed by atoms with Gasteiger partial charge in [0.15, 0.2) is 0 Å². The van der Waals surface area contributed by atoms with Crippen LogP contribution in [0.2, 0.25) is 0 Å². The molecule has 1 fully saturated rings. The highest BCUT2D eigenvalue weighted by Gasteiger charge is 2.23. The van der Waals surface area contributed by atoms with E-state index >= 15 is 0 Å². The lowest BCUT2D eigenvalue weighted by Crippen LogP contribution is -2.37. The van der Waals surface area contributed by atoms with Gasteiger partial charge in [0.1, 0.15) is 11.6 Å². The summed E-state index contributed by atoms with van der Waals surface area (Å²) in [5.74, 6) is 0.176. The highest BCUT2D eigenvalue weighted by atomic mass is 19.1. The van der Waals surface area contributed by atoms with Gasteiger partial charge >= 0.3 is 0 Å². The molecule has 1 N–H and O–H groups in total. The van der Waals surface area contributed by atoms with Crippen molar-refractivity contribution in [3.05, 3.63) is 64.5 Å². The van der Waals surface area contributed by atoms with Crippen molar-refractivity contribution in [1.82, 2.24) is 4.90 Å². The predicted octanol–water partition coefficient (Wildman–Crippen LogP) is 3.59. The minimum Gasteiger partial charge on any atom is -0.508 e. The summed E-state index contributed by atoms with van der Waals surface area (Å²) in [5, 5.41) is 10.3. The van der Waals surface area contributed by atoms with Gasteiger partial charge in [-0.25, -0.2) is 4.39 Å². The lowest BCUT2D eigenvalue weighted by molar-refractivity contribution is -0.0331. The van der Waals surface area contributed by atoms with E-state index < -0.39 is 0 Å². The fraction of sp³-hybridized carbons (Fsp3) is 0.400. The largest absolute Gasteiger partial charge is 0.508 e. The second-order valence-corrected chi connectivity index (χ2v) is 6.75. The Morgan fingerprint density at radius 2 is 1.88 bits per heavy atom. The van der Waals surface area contributed by atoms with Crippen LogP contribution in [0.3, 0.4) is 0 Å². The molecule has 0 radical (unpaired) electrons. The second-order valence-electron chi connectivity index (χ2n) is 6.75. The maximum absolute atomic E-state index is 13.1. The Labute approximate surface area is 141 Å². The van der Waals surface area contributed by atoms with Gasteiger partial charge in [0.2, 0.25) is 0 Å². The Balaban J connectivity index is 1.48. The molecule has 126 valence electrons. The number of benzene rings is 2. The number of nitrogens with zero attached hydrogens (tertiary/aromatic N) is 1. The average Bonchev–Trinajstić information content (AvgIpc) is 3.03. The van der Waals surface area contributed by atoms with Crippen molar-refractivity contribution in [3.63, 3.8) is 0 Å². The maximum Gasteiger partial charge on any atom is 0.123 e. The zero-order valence-electron chi connectivity index (χ0n) is 13.7. The molecule has 1 aliphatic heterocycles. The lowest BCUT2D eigenvalue weighted by Gasteiger charge is -2.33. The Kier molecular flexibility index (Phi) is 4.25. The molecular formula is C20H22FNO2. The Morgan fingerprint density at radius 3 is 2.67 bits per heavy atom. The van der Waals surface area contributed by atoms with E-state index in [0.717, 1.165) is 43.6 Å².